The quantitative estimate of drug-likeness (QED) is 0.889. The molecule has 0 aliphatic heterocycles. The van der Waals surface area contributed by atoms with Crippen molar-refractivity contribution < 1.29 is 0 Å². The number of nitrogens with one attached hydrogen (secondary N) is 2. The average Bonchev–Trinajstić information content (AvgIpc) is 2.80. The van der Waals surface area contributed by atoms with Crippen LogP contribution in [-0.4, -0.2) is 20.7 Å². The third-order valence-electron chi connectivity index (χ3n) is 2.38. The molecule has 5 heteroatoms. The Kier molecular flexibility index (Phi) is 4.04. The van der Waals surface area contributed by atoms with Crippen LogP contribution in [0.3, 0.4) is 0 Å². The van der Waals surface area contributed by atoms with Crippen molar-refractivity contribution in [3.8, 4) is 0 Å². The van der Waals surface area contributed by atoms with Gasteiger partial charge in [-0.15, -0.1) is 0 Å². The summed E-state index contributed by atoms with van der Waals surface area (Å²) in [5.74, 6) is 0. The smallest absolute Gasteiger partial charge is 0.188 e. The van der Waals surface area contributed by atoms with Crippen molar-refractivity contribution in [2.45, 2.75) is 42.9 Å². The van der Waals surface area contributed by atoms with Gasteiger partial charge in [-0.1, -0.05) is 30.0 Å². The normalized spacial score (nSPS) is 11.7. The molecule has 2 aromatic rings. The van der Waals surface area contributed by atoms with Crippen LogP contribution in [0.1, 0.15) is 26.3 Å². The molecule has 1 aromatic heterocycles. The van der Waals surface area contributed by atoms with E-state index >= 15 is 0 Å². The first-order chi connectivity index (χ1) is 8.54. The van der Waals surface area contributed by atoms with Crippen LogP contribution in [0.4, 0.5) is 0 Å². The Hall–Kier alpha value is -1.33. The molecule has 1 heterocycles. The fourth-order valence-electron chi connectivity index (χ4n) is 1.46. The number of aromatic amines is 1. The second-order valence-corrected chi connectivity index (χ2v) is 6.13. The van der Waals surface area contributed by atoms with Crippen LogP contribution in [0, 0.1) is 0 Å². The molecule has 18 heavy (non-hydrogen) atoms. The largest absolute Gasteiger partial charge is 0.308 e. The van der Waals surface area contributed by atoms with Gasteiger partial charge in [0.1, 0.15) is 6.33 Å². The predicted octanol–water partition coefficient (Wildman–Crippen LogP) is 2.84. The lowest BCUT2D eigenvalue weighted by Crippen LogP contribution is -2.35. The van der Waals surface area contributed by atoms with E-state index in [1.807, 2.05) is 6.07 Å². The molecule has 1 aromatic carbocycles. The van der Waals surface area contributed by atoms with Gasteiger partial charge in [0.05, 0.1) is 0 Å². The second-order valence-electron chi connectivity index (χ2n) is 5.10. The van der Waals surface area contributed by atoms with Crippen LogP contribution in [0.2, 0.25) is 0 Å². The Bertz CT molecular complexity index is 488. The van der Waals surface area contributed by atoms with Crippen LogP contribution in [0.15, 0.2) is 40.6 Å². The van der Waals surface area contributed by atoms with E-state index in [2.05, 4.69) is 59.5 Å². The summed E-state index contributed by atoms with van der Waals surface area (Å²) < 4.78 is 0. The van der Waals surface area contributed by atoms with E-state index in [4.69, 9.17) is 0 Å². The third-order valence-corrected chi connectivity index (χ3v) is 3.39. The van der Waals surface area contributed by atoms with Crippen LogP contribution in [0.5, 0.6) is 0 Å². The minimum Gasteiger partial charge on any atom is -0.308 e. The molecular formula is C13H18N4S. The molecule has 0 aliphatic carbocycles. The van der Waals surface area contributed by atoms with Crippen LogP contribution in [0.25, 0.3) is 0 Å². The van der Waals surface area contributed by atoms with E-state index in [-0.39, 0.29) is 5.54 Å². The zero-order valence-corrected chi connectivity index (χ0v) is 11.7. The summed E-state index contributed by atoms with van der Waals surface area (Å²) in [6, 6.07) is 8.34. The standard InChI is InChI=1S/C13H18N4S/c1-13(2,3)15-8-10-6-4-5-7-11(10)18-12-14-9-16-17-12/h4-7,9,15H,8H2,1-3H3,(H,14,16,17). The molecule has 0 amide bonds. The summed E-state index contributed by atoms with van der Waals surface area (Å²) in [5, 5.41) is 11.0. The molecule has 0 saturated carbocycles. The molecule has 4 nitrogen and oxygen atoms in total. The summed E-state index contributed by atoms with van der Waals surface area (Å²) >= 11 is 1.60. The Morgan fingerprint density at radius 1 is 1.28 bits per heavy atom. The molecule has 96 valence electrons. The van der Waals surface area contributed by atoms with Crippen molar-refractivity contribution >= 4 is 11.8 Å². The highest BCUT2D eigenvalue weighted by Gasteiger charge is 2.11. The fourth-order valence-corrected chi connectivity index (χ4v) is 2.28. The lowest BCUT2D eigenvalue weighted by molar-refractivity contribution is 0.422. The summed E-state index contributed by atoms with van der Waals surface area (Å²) in [4.78, 5) is 5.34. The lowest BCUT2D eigenvalue weighted by atomic mass is 10.1. The Morgan fingerprint density at radius 3 is 2.72 bits per heavy atom. The van der Waals surface area contributed by atoms with Crippen molar-refractivity contribution in [2.75, 3.05) is 0 Å². The van der Waals surface area contributed by atoms with Gasteiger partial charge in [0.2, 0.25) is 0 Å². The number of H-pyrrole nitrogens is 1. The van der Waals surface area contributed by atoms with Gasteiger partial charge in [-0.25, -0.2) is 4.98 Å². The lowest BCUT2D eigenvalue weighted by Gasteiger charge is -2.21. The van der Waals surface area contributed by atoms with E-state index in [9.17, 15) is 0 Å². The summed E-state index contributed by atoms with van der Waals surface area (Å²) in [6.07, 6.45) is 1.53. The van der Waals surface area contributed by atoms with Crippen molar-refractivity contribution in [1.82, 2.24) is 20.5 Å². The monoisotopic (exact) mass is 262 g/mol. The number of rotatable bonds is 4. The molecule has 0 unspecified atom stereocenters. The van der Waals surface area contributed by atoms with Gasteiger partial charge in [0, 0.05) is 17.0 Å². The molecule has 0 saturated heterocycles. The zero-order chi connectivity index (χ0) is 13.0. The van der Waals surface area contributed by atoms with Crippen molar-refractivity contribution in [3.63, 3.8) is 0 Å². The summed E-state index contributed by atoms with van der Waals surface area (Å²) in [5.41, 5.74) is 1.39. The van der Waals surface area contributed by atoms with Crippen molar-refractivity contribution in [2.24, 2.45) is 0 Å². The first-order valence-corrected chi connectivity index (χ1v) is 6.72. The molecule has 0 aliphatic rings. The van der Waals surface area contributed by atoms with Gasteiger partial charge < -0.3 is 5.32 Å². The maximum Gasteiger partial charge on any atom is 0.188 e. The Morgan fingerprint density at radius 2 is 2.06 bits per heavy atom. The van der Waals surface area contributed by atoms with E-state index in [1.165, 1.54) is 16.8 Å². The SMILES string of the molecule is CC(C)(C)NCc1ccccc1Sc1ncn[nH]1. The predicted molar refractivity (Wildman–Crippen MR) is 73.5 cm³/mol. The topological polar surface area (TPSA) is 53.6 Å². The first kappa shape index (κ1) is 13.1. The highest BCUT2D eigenvalue weighted by Crippen LogP contribution is 2.27. The number of hydrogen-bond donors (Lipinski definition) is 2. The maximum absolute atomic E-state index is 4.14. The summed E-state index contributed by atoms with van der Waals surface area (Å²) in [7, 11) is 0. The van der Waals surface area contributed by atoms with Gasteiger partial charge >= 0.3 is 0 Å². The molecular weight excluding hydrogens is 244 g/mol. The Balaban J connectivity index is 2.10. The Labute approximate surface area is 112 Å². The average molecular weight is 262 g/mol. The van der Waals surface area contributed by atoms with Gasteiger partial charge in [0.15, 0.2) is 5.16 Å². The number of benzene rings is 1. The molecule has 0 bridgehead atoms. The minimum atomic E-state index is 0.115. The highest BCUT2D eigenvalue weighted by molar-refractivity contribution is 7.99. The van der Waals surface area contributed by atoms with Gasteiger partial charge in [-0.2, -0.15) is 5.10 Å². The van der Waals surface area contributed by atoms with E-state index in [0.29, 0.717) is 0 Å². The molecule has 0 spiro atoms. The molecule has 2 rings (SSSR count). The van der Waals surface area contributed by atoms with Crippen molar-refractivity contribution in [3.05, 3.63) is 36.2 Å². The number of aromatic nitrogens is 3. The summed E-state index contributed by atoms with van der Waals surface area (Å²) in [6.45, 7) is 7.35. The van der Waals surface area contributed by atoms with Gasteiger partial charge in [-0.3, -0.25) is 5.10 Å². The molecule has 0 atom stereocenters. The first-order valence-electron chi connectivity index (χ1n) is 5.91. The van der Waals surface area contributed by atoms with Gasteiger partial charge in [-0.05, 0) is 32.4 Å². The van der Waals surface area contributed by atoms with E-state index in [1.54, 1.807) is 11.8 Å². The van der Waals surface area contributed by atoms with E-state index < -0.39 is 0 Å². The molecule has 0 fully saturated rings. The third kappa shape index (κ3) is 3.85. The van der Waals surface area contributed by atoms with Crippen LogP contribution < -0.4 is 5.32 Å². The van der Waals surface area contributed by atoms with Crippen LogP contribution in [-0.2, 0) is 6.54 Å². The van der Waals surface area contributed by atoms with E-state index in [0.717, 1.165) is 11.7 Å². The zero-order valence-electron chi connectivity index (χ0n) is 10.9. The number of nitrogens with zero attached hydrogens (tertiary/aromatic N) is 2. The second kappa shape index (κ2) is 5.54. The molecule has 2 N–H and O–H groups in total. The number of hydrogen-bond acceptors (Lipinski definition) is 4. The van der Waals surface area contributed by atoms with Crippen molar-refractivity contribution in [1.29, 1.82) is 0 Å². The van der Waals surface area contributed by atoms with Crippen LogP contribution >= 0.6 is 11.8 Å². The maximum atomic E-state index is 4.14. The highest BCUT2D eigenvalue weighted by atomic mass is 32.2. The minimum absolute atomic E-state index is 0.115. The fraction of sp³-hybridized carbons (Fsp3) is 0.385. The molecule has 0 radical (unpaired) electrons. The van der Waals surface area contributed by atoms with Gasteiger partial charge in [0.25, 0.3) is 0 Å².